The molecule has 14 rings (SSSR count). The molecule has 0 atom stereocenters. The van der Waals surface area contributed by atoms with Crippen molar-refractivity contribution < 1.29 is 0 Å². The first-order chi connectivity index (χ1) is 34.7. The summed E-state index contributed by atoms with van der Waals surface area (Å²) >= 11 is 0. The van der Waals surface area contributed by atoms with Crippen molar-refractivity contribution in [2.24, 2.45) is 0 Å². The first-order valence-electron chi connectivity index (χ1n) is 24.1. The molecule has 328 valence electrons. The lowest BCUT2D eigenvalue weighted by atomic mass is 9.93. The van der Waals surface area contributed by atoms with Crippen molar-refractivity contribution in [3.05, 3.63) is 279 Å². The van der Waals surface area contributed by atoms with E-state index >= 15 is 0 Å². The van der Waals surface area contributed by atoms with Gasteiger partial charge in [0.1, 0.15) is 0 Å². The minimum Gasteiger partial charge on any atom is -0.310 e. The molecule has 0 unspecified atom stereocenters. The number of hydrogen-bond acceptors (Lipinski definition) is 2. The van der Waals surface area contributed by atoms with Gasteiger partial charge in [-0.05, 0) is 160 Å². The molecule has 0 spiro atoms. The van der Waals surface area contributed by atoms with Gasteiger partial charge in [0.05, 0.1) is 0 Å². The van der Waals surface area contributed by atoms with Crippen LogP contribution in [-0.4, -0.2) is 0 Å². The molecule has 0 N–H and O–H groups in total. The van der Waals surface area contributed by atoms with E-state index in [4.69, 9.17) is 0 Å². The second-order valence-electron chi connectivity index (χ2n) is 18.1. The van der Waals surface area contributed by atoms with Crippen molar-refractivity contribution in [2.75, 3.05) is 9.80 Å². The molecule has 0 saturated heterocycles. The Labute approximate surface area is 407 Å². The average Bonchev–Trinajstić information content (AvgIpc) is 3.43. The molecule has 0 heterocycles. The zero-order valence-corrected chi connectivity index (χ0v) is 38.5. The normalized spacial score (nSPS) is 11.4. The highest BCUT2D eigenvalue weighted by Crippen LogP contribution is 2.44. The molecule has 0 bridgehead atoms. The Morgan fingerprint density at radius 3 is 0.714 bits per heavy atom. The monoisotopic (exact) mass is 890 g/mol. The van der Waals surface area contributed by atoms with Gasteiger partial charge in [-0.15, -0.1) is 0 Å². The number of rotatable bonds is 8. The zero-order chi connectivity index (χ0) is 46.4. The van der Waals surface area contributed by atoms with Gasteiger partial charge < -0.3 is 9.80 Å². The zero-order valence-electron chi connectivity index (χ0n) is 38.5. The molecule has 0 amide bonds. The minimum atomic E-state index is 1.11. The predicted molar refractivity (Wildman–Crippen MR) is 301 cm³/mol. The summed E-state index contributed by atoms with van der Waals surface area (Å²) in [6.45, 7) is 0. The highest BCUT2D eigenvalue weighted by Gasteiger charge is 2.19. The molecular formula is C68H46N2. The van der Waals surface area contributed by atoms with E-state index in [9.17, 15) is 0 Å². The Bertz CT molecular complexity index is 3680. The summed E-state index contributed by atoms with van der Waals surface area (Å²) < 4.78 is 0. The molecule has 0 saturated carbocycles. The molecule has 0 fully saturated rings. The molecule has 0 radical (unpaired) electrons. The average molecular weight is 891 g/mol. The van der Waals surface area contributed by atoms with Crippen LogP contribution >= 0.6 is 0 Å². The standard InChI is InChI=1S/C56H36N2.C12H10/c1-3-13-47(14-4-1)57(51-33-43-21-17-39-9-7-10-40-18-22-44(34-51)55(43)53(39)40)49-29-25-37(26-30-49)38-27-31-50(32-28-38)58(48-15-5-2-6-16-48)52-35-45-23-19-41-11-8-12-42-20-24-46(36-52)56(45)54(41)42;1-3-7-11(8-4-1)12-9-5-2-6-10-12/h1-36H;1-10H. The van der Waals surface area contributed by atoms with E-state index in [1.165, 1.54) is 86.9 Å². The van der Waals surface area contributed by atoms with Crippen molar-refractivity contribution in [1.29, 1.82) is 0 Å². The van der Waals surface area contributed by atoms with Crippen LogP contribution in [0.1, 0.15) is 0 Å². The third kappa shape index (κ3) is 7.40. The molecule has 2 heteroatoms. The lowest BCUT2D eigenvalue weighted by molar-refractivity contribution is 1.29. The van der Waals surface area contributed by atoms with Crippen LogP contribution in [-0.2, 0) is 0 Å². The number of benzene rings is 14. The van der Waals surface area contributed by atoms with E-state index in [0.717, 1.165) is 34.1 Å². The van der Waals surface area contributed by atoms with Gasteiger partial charge in [0.2, 0.25) is 0 Å². The third-order valence-corrected chi connectivity index (χ3v) is 13.9. The Balaban J connectivity index is 0.000000350. The lowest BCUT2D eigenvalue weighted by Gasteiger charge is -2.27. The molecular weight excluding hydrogens is 845 g/mol. The maximum atomic E-state index is 2.37. The van der Waals surface area contributed by atoms with Crippen LogP contribution in [0.4, 0.5) is 34.1 Å². The summed E-state index contributed by atoms with van der Waals surface area (Å²) in [5.41, 5.74) is 11.7. The summed E-state index contributed by atoms with van der Waals surface area (Å²) in [5.74, 6) is 0. The maximum absolute atomic E-state index is 2.37. The Kier molecular flexibility index (Phi) is 10.2. The van der Waals surface area contributed by atoms with Gasteiger partial charge in [0, 0.05) is 34.1 Å². The van der Waals surface area contributed by atoms with Gasteiger partial charge in [-0.2, -0.15) is 0 Å². The van der Waals surface area contributed by atoms with Gasteiger partial charge in [-0.3, -0.25) is 0 Å². The van der Waals surface area contributed by atoms with E-state index in [-0.39, 0.29) is 0 Å². The van der Waals surface area contributed by atoms with Crippen LogP contribution in [0, 0.1) is 0 Å². The quantitative estimate of drug-likeness (QED) is 0.140. The summed E-state index contributed by atoms with van der Waals surface area (Å²) in [4.78, 5) is 4.74. The fraction of sp³-hybridized carbons (Fsp3) is 0. The van der Waals surface area contributed by atoms with Crippen molar-refractivity contribution in [2.45, 2.75) is 0 Å². The summed E-state index contributed by atoms with van der Waals surface area (Å²) in [6, 6.07) is 101. The van der Waals surface area contributed by atoms with Gasteiger partial charge >= 0.3 is 0 Å². The summed E-state index contributed by atoms with van der Waals surface area (Å²) in [7, 11) is 0. The second kappa shape index (κ2) is 17.4. The Hall–Kier alpha value is -9.24. The summed E-state index contributed by atoms with van der Waals surface area (Å²) in [5, 5.41) is 15.5. The molecule has 14 aromatic carbocycles. The first-order valence-corrected chi connectivity index (χ1v) is 24.1. The number of para-hydroxylation sites is 2. The van der Waals surface area contributed by atoms with Crippen molar-refractivity contribution >= 4 is 98.8 Å². The van der Waals surface area contributed by atoms with E-state index in [0.29, 0.717) is 0 Å². The van der Waals surface area contributed by atoms with Crippen LogP contribution in [0.25, 0.3) is 86.9 Å². The van der Waals surface area contributed by atoms with E-state index < -0.39 is 0 Å². The van der Waals surface area contributed by atoms with Crippen molar-refractivity contribution in [1.82, 2.24) is 0 Å². The third-order valence-electron chi connectivity index (χ3n) is 13.9. The molecule has 0 aliphatic carbocycles. The fourth-order valence-electron chi connectivity index (χ4n) is 10.6. The van der Waals surface area contributed by atoms with Gasteiger partial charge in [-0.25, -0.2) is 0 Å². The molecule has 0 aliphatic rings. The van der Waals surface area contributed by atoms with Crippen LogP contribution in [0.2, 0.25) is 0 Å². The minimum absolute atomic E-state index is 1.11. The van der Waals surface area contributed by atoms with Crippen molar-refractivity contribution in [3.63, 3.8) is 0 Å². The topological polar surface area (TPSA) is 6.48 Å². The number of hydrogen-bond donors (Lipinski definition) is 0. The van der Waals surface area contributed by atoms with Gasteiger partial charge in [0.25, 0.3) is 0 Å². The lowest BCUT2D eigenvalue weighted by Crippen LogP contribution is -2.10. The van der Waals surface area contributed by atoms with Crippen LogP contribution < -0.4 is 9.80 Å². The number of anilines is 6. The number of nitrogens with zero attached hydrogens (tertiary/aromatic N) is 2. The van der Waals surface area contributed by atoms with Crippen molar-refractivity contribution in [3.8, 4) is 22.3 Å². The van der Waals surface area contributed by atoms with E-state index in [1.807, 2.05) is 12.1 Å². The highest BCUT2D eigenvalue weighted by molar-refractivity contribution is 6.25. The predicted octanol–water partition coefficient (Wildman–Crippen LogP) is 19.4. The molecule has 2 nitrogen and oxygen atoms in total. The van der Waals surface area contributed by atoms with Gasteiger partial charge in [-0.1, -0.05) is 206 Å². The molecule has 70 heavy (non-hydrogen) atoms. The van der Waals surface area contributed by atoms with E-state index in [1.54, 1.807) is 0 Å². The van der Waals surface area contributed by atoms with Gasteiger partial charge in [0.15, 0.2) is 0 Å². The maximum Gasteiger partial charge on any atom is 0.0473 e. The highest BCUT2D eigenvalue weighted by atomic mass is 15.1. The first kappa shape index (κ1) is 41.0. The Morgan fingerprint density at radius 1 is 0.157 bits per heavy atom. The fourth-order valence-corrected chi connectivity index (χ4v) is 10.6. The smallest absolute Gasteiger partial charge is 0.0473 e. The molecule has 0 aliphatic heterocycles. The molecule has 14 aromatic rings. The van der Waals surface area contributed by atoms with Crippen LogP contribution in [0.3, 0.4) is 0 Å². The Morgan fingerprint density at radius 2 is 0.400 bits per heavy atom. The van der Waals surface area contributed by atoms with Crippen LogP contribution in [0.5, 0.6) is 0 Å². The largest absolute Gasteiger partial charge is 0.310 e. The van der Waals surface area contributed by atoms with Crippen LogP contribution in [0.15, 0.2) is 279 Å². The second-order valence-corrected chi connectivity index (χ2v) is 18.1. The van der Waals surface area contributed by atoms with E-state index in [2.05, 4.69) is 277 Å². The molecule has 0 aromatic heterocycles. The SMILES string of the molecule is c1ccc(-c2ccccc2)cc1.c1ccc(N(c2ccc(-c3ccc(N(c4ccccc4)c4cc5ccc6cccc7ccc(c4)c5c67)cc3)cc2)c2cc3ccc4cccc5ccc(c2)c3c45)cc1. The summed E-state index contributed by atoms with van der Waals surface area (Å²) in [6.07, 6.45) is 0.